The summed E-state index contributed by atoms with van der Waals surface area (Å²) in [6, 6.07) is 20.7. The summed E-state index contributed by atoms with van der Waals surface area (Å²) in [7, 11) is 0. The van der Waals surface area contributed by atoms with Crippen LogP contribution in [0, 0.1) is 0 Å². The normalized spacial score (nSPS) is 14.4. The van der Waals surface area contributed by atoms with E-state index in [1.165, 1.54) is 40.4 Å². The number of hydrogen-bond donors (Lipinski definition) is 1. The van der Waals surface area contributed by atoms with Crippen LogP contribution in [0.5, 0.6) is 5.75 Å². The number of amides is 1. The molecule has 31 heavy (non-hydrogen) atoms. The molecular formula is C27H28N2O2. The molecule has 5 rings (SSSR count). The molecule has 1 amide bonds. The summed E-state index contributed by atoms with van der Waals surface area (Å²) in [6.07, 6.45) is 3.96. The van der Waals surface area contributed by atoms with E-state index in [9.17, 15) is 4.79 Å². The van der Waals surface area contributed by atoms with E-state index < -0.39 is 6.10 Å². The molecule has 1 N–H and O–H groups in total. The Morgan fingerprint density at radius 2 is 1.81 bits per heavy atom. The third kappa shape index (κ3) is 3.56. The minimum absolute atomic E-state index is 0.132. The number of ether oxygens (including phenoxy) is 1. The fourth-order valence-electron chi connectivity index (χ4n) is 4.82. The van der Waals surface area contributed by atoms with Gasteiger partial charge in [0.2, 0.25) is 0 Å². The molecule has 0 saturated carbocycles. The molecule has 1 aliphatic rings. The van der Waals surface area contributed by atoms with Gasteiger partial charge < -0.3 is 14.6 Å². The Labute approximate surface area is 182 Å². The number of benzene rings is 3. The summed E-state index contributed by atoms with van der Waals surface area (Å²) in [4.78, 5) is 12.9. The molecule has 4 aromatic rings. The second-order valence-corrected chi connectivity index (χ2v) is 8.34. The molecule has 0 bridgehead atoms. The Hall–Kier alpha value is -3.27. The van der Waals surface area contributed by atoms with Crippen molar-refractivity contribution in [3.05, 3.63) is 71.8 Å². The maximum absolute atomic E-state index is 12.9. The van der Waals surface area contributed by atoms with Crippen molar-refractivity contribution in [2.75, 3.05) is 5.32 Å². The summed E-state index contributed by atoms with van der Waals surface area (Å²) < 4.78 is 8.42. The van der Waals surface area contributed by atoms with Gasteiger partial charge in [-0.2, -0.15) is 0 Å². The van der Waals surface area contributed by atoms with Crippen LogP contribution >= 0.6 is 0 Å². The number of hydrogen-bond acceptors (Lipinski definition) is 2. The lowest BCUT2D eigenvalue weighted by Gasteiger charge is -2.22. The van der Waals surface area contributed by atoms with Crippen LogP contribution in [0.15, 0.2) is 60.7 Å². The van der Waals surface area contributed by atoms with Crippen molar-refractivity contribution in [3.63, 3.8) is 0 Å². The number of rotatable bonds is 5. The van der Waals surface area contributed by atoms with Crippen LogP contribution in [0.3, 0.4) is 0 Å². The first-order chi connectivity index (χ1) is 15.2. The molecule has 158 valence electrons. The van der Waals surface area contributed by atoms with Crippen LogP contribution in [0.1, 0.15) is 37.8 Å². The molecule has 0 aliphatic heterocycles. The SMILES string of the molecule is CCn1c2ccccc2c2cc(NC(=O)[C@@H](C)Oc3cccc4c3CCCC4)ccc21. The Bertz CT molecular complexity index is 1270. The molecule has 1 aromatic heterocycles. The van der Waals surface area contributed by atoms with E-state index in [2.05, 4.69) is 59.3 Å². The van der Waals surface area contributed by atoms with Gasteiger partial charge in [0, 0.05) is 34.0 Å². The predicted molar refractivity (Wildman–Crippen MR) is 127 cm³/mol. The van der Waals surface area contributed by atoms with Gasteiger partial charge in [-0.05, 0) is 81.0 Å². The van der Waals surface area contributed by atoms with E-state index in [-0.39, 0.29) is 5.91 Å². The smallest absolute Gasteiger partial charge is 0.265 e. The molecule has 1 aliphatic carbocycles. The predicted octanol–water partition coefficient (Wildman–Crippen LogP) is 6.10. The van der Waals surface area contributed by atoms with Crippen LogP contribution in [-0.4, -0.2) is 16.6 Å². The summed E-state index contributed by atoms with van der Waals surface area (Å²) in [5.41, 5.74) is 5.81. The van der Waals surface area contributed by atoms with Crippen molar-refractivity contribution in [2.24, 2.45) is 0 Å². The second-order valence-electron chi connectivity index (χ2n) is 8.34. The average molecular weight is 413 g/mol. The van der Waals surface area contributed by atoms with Gasteiger partial charge >= 0.3 is 0 Å². The van der Waals surface area contributed by atoms with Crippen LogP contribution in [0.25, 0.3) is 21.8 Å². The molecule has 0 unspecified atom stereocenters. The highest BCUT2D eigenvalue weighted by atomic mass is 16.5. The first kappa shape index (κ1) is 19.7. The molecule has 0 fully saturated rings. The zero-order chi connectivity index (χ0) is 21.4. The fraction of sp³-hybridized carbons (Fsp3) is 0.296. The van der Waals surface area contributed by atoms with Gasteiger partial charge in [-0.3, -0.25) is 4.79 Å². The Kier molecular flexibility index (Phi) is 5.14. The van der Waals surface area contributed by atoms with E-state index >= 15 is 0 Å². The topological polar surface area (TPSA) is 43.3 Å². The Morgan fingerprint density at radius 3 is 2.68 bits per heavy atom. The van der Waals surface area contributed by atoms with E-state index in [1.807, 2.05) is 25.1 Å². The molecule has 3 aromatic carbocycles. The number of carbonyl (C=O) groups excluding carboxylic acids is 1. The van der Waals surface area contributed by atoms with Gasteiger partial charge in [0.25, 0.3) is 5.91 Å². The number of para-hydroxylation sites is 1. The van der Waals surface area contributed by atoms with Crippen molar-refractivity contribution in [3.8, 4) is 5.75 Å². The summed E-state index contributed by atoms with van der Waals surface area (Å²) in [6.45, 7) is 4.88. The van der Waals surface area contributed by atoms with Crippen molar-refractivity contribution in [1.29, 1.82) is 0 Å². The lowest BCUT2D eigenvalue weighted by molar-refractivity contribution is -0.122. The van der Waals surface area contributed by atoms with E-state index in [0.717, 1.165) is 36.2 Å². The van der Waals surface area contributed by atoms with Crippen molar-refractivity contribution >= 4 is 33.4 Å². The fourth-order valence-corrected chi connectivity index (χ4v) is 4.82. The lowest BCUT2D eigenvalue weighted by Crippen LogP contribution is -2.30. The van der Waals surface area contributed by atoms with Crippen LogP contribution in [0.2, 0.25) is 0 Å². The standard InChI is InChI=1S/C27H28N2O2/c1-3-29-24-13-7-6-12-22(24)23-17-20(15-16-25(23)29)28-27(30)18(2)31-26-14-8-10-19-9-4-5-11-21(19)26/h6-8,10,12-18H,3-5,9,11H2,1-2H3,(H,28,30)/t18-/m1/s1. The lowest BCUT2D eigenvalue weighted by atomic mass is 9.91. The van der Waals surface area contributed by atoms with Gasteiger partial charge in [0.1, 0.15) is 5.75 Å². The van der Waals surface area contributed by atoms with Gasteiger partial charge in [-0.15, -0.1) is 0 Å². The highest BCUT2D eigenvalue weighted by Crippen LogP contribution is 2.32. The second kappa shape index (κ2) is 8.10. The molecule has 1 heterocycles. The maximum Gasteiger partial charge on any atom is 0.265 e. The molecule has 0 spiro atoms. The van der Waals surface area contributed by atoms with Crippen molar-refractivity contribution in [2.45, 2.75) is 52.2 Å². The molecule has 4 nitrogen and oxygen atoms in total. The highest BCUT2D eigenvalue weighted by Gasteiger charge is 2.20. The zero-order valence-corrected chi connectivity index (χ0v) is 18.2. The first-order valence-electron chi connectivity index (χ1n) is 11.2. The van der Waals surface area contributed by atoms with E-state index in [1.54, 1.807) is 0 Å². The van der Waals surface area contributed by atoms with Crippen molar-refractivity contribution < 1.29 is 9.53 Å². The number of nitrogens with zero attached hydrogens (tertiary/aromatic N) is 1. The minimum atomic E-state index is -0.568. The van der Waals surface area contributed by atoms with Gasteiger partial charge in [-0.25, -0.2) is 0 Å². The van der Waals surface area contributed by atoms with E-state index in [4.69, 9.17) is 4.74 Å². The zero-order valence-electron chi connectivity index (χ0n) is 18.2. The van der Waals surface area contributed by atoms with Crippen LogP contribution in [-0.2, 0) is 24.2 Å². The largest absolute Gasteiger partial charge is 0.481 e. The maximum atomic E-state index is 12.9. The number of carbonyl (C=O) groups is 1. The summed E-state index contributed by atoms with van der Waals surface area (Å²) in [5, 5.41) is 5.41. The highest BCUT2D eigenvalue weighted by molar-refractivity contribution is 6.10. The number of nitrogens with one attached hydrogen (secondary N) is 1. The molecule has 0 radical (unpaired) electrons. The molecular weight excluding hydrogens is 384 g/mol. The molecule has 4 heteroatoms. The average Bonchev–Trinajstić information content (AvgIpc) is 3.12. The number of aryl methyl sites for hydroxylation is 2. The van der Waals surface area contributed by atoms with Gasteiger partial charge in [0.15, 0.2) is 6.10 Å². The quantitative estimate of drug-likeness (QED) is 0.430. The Balaban J connectivity index is 1.38. The van der Waals surface area contributed by atoms with Crippen LogP contribution < -0.4 is 10.1 Å². The third-order valence-corrected chi connectivity index (χ3v) is 6.38. The Morgan fingerprint density at radius 1 is 1.00 bits per heavy atom. The van der Waals surface area contributed by atoms with Gasteiger partial charge in [-0.1, -0.05) is 30.3 Å². The molecule has 0 saturated heterocycles. The number of fused-ring (bicyclic) bond motifs is 4. The summed E-state index contributed by atoms with van der Waals surface area (Å²) >= 11 is 0. The van der Waals surface area contributed by atoms with Crippen molar-refractivity contribution in [1.82, 2.24) is 4.57 Å². The monoisotopic (exact) mass is 412 g/mol. The summed E-state index contributed by atoms with van der Waals surface area (Å²) in [5.74, 6) is 0.716. The van der Waals surface area contributed by atoms with Crippen LogP contribution in [0.4, 0.5) is 5.69 Å². The number of aromatic nitrogens is 1. The first-order valence-corrected chi connectivity index (χ1v) is 11.2. The molecule has 1 atom stereocenters. The minimum Gasteiger partial charge on any atom is -0.481 e. The third-order valence-electron chi connectivity index (χ3n) is 6.38. The van der Waals surface area contributed by atoms with E-state index in [0.29, 0.717) is 0 Å². The van der Waals surface area contributed by atoms with Gasteiger partial charge in [0.05, 0.1) is 0 Å². The number of anilines is 1.